The highest BCUT2D eigenvalue weighted by Crippen LogP contribution is 2.39. The summed E-state index contributed by atoms with van der Waals surface area (Å²) in [5, 5.41) is 0. The third kappa shape index (κ3) is 5.62. The Labute approximate surface area is 189 Å². The van der Waals surface area contributed by atoms with Gasteiger partial charge < -0.3 is 0 Å². The molecular formula is C29H31F3. The number of hydrogen-bond donors (Lipinski definition) is 0. The lowest BCUT2D eigenvalue weighted by Crippen LogP contribution is -2.15. The van der Waals surface area contributed by atoms with Crippen molar-refractivity contribution in [1.29, 1.82) is 0 Å². The van der Waals surface area contributed by atoms with Crippen LogP contribution in [0.25, 0.3) is 0 Å². The normalized spacial score (nSPS) is 19.6. The van der Waals surface area contributed by atoms with Crippen LogP contribution in [0.5, 0.6) is 0 Å². The molecule has 0 spiro atoms. The van der Waals surface area contributed by atoms with E-state index in [9.17, 15) is 13.2 Å². The minimum atomic E-state index is -1.40. The Balaban J connectivity index is 1.27. The third-order valence-corrected chi connectivity index (χ3v) is 7.10. The highest BCUT2D eigenvalue weighted by atomic mass is 19.2. The van der Waals surface area contributed by atoms with Crippen LogP contribution < -0.4 is 0 Å². The predicted molar refractivity (Wildman–Crippen MR) is 124 cm³/mol. The summed E-state index contributed by atoms with van der Waals surface area (Å²) in [6, 6.07) is 21.6. The fourth-order valence-electron chi connectivity index (χ4n) is 5.15. The lowest BCUT2D eigenvalue weighted by molar-refractivity contribution is 0.297. The van der Waals surface area contributed by atoms with Crippen molar-refractivity contribution in [3.63, 3.8) is 0 Å². The van der Waals surface area contributed by atoms with Crippen LogP contribution in [0.4, 0.5) is 13.2 Å². The molecule has 1 fully saturated rings. The van der Waals surface area contributed by atoms with Gasteiger partial charge in [-0.1, -0.05) is 61.5 Å². The predicted octanol–water partition coefficient (Wildman–Crippen LogP) is 8.36. The van der Waals surface area contributed by atoms with Gasteiger partial charge in [0.05, 0.1) is 0 Å². The number of rotatable bonds is 7. The fraction of sp³-hybridized carbons (Fsp3) is 0.379. The van der Waals surface area contributed by atoms with Crippen molar-refractivity contribution in [2.24, 2.45) is 5.92 Å². The van der Waals surface area contributed by atoms with Crippen molar-refractivity contribution in [2.75, 3.05) is 0 Å². The van der Waals surface area contributed by atoms with Gasteiger partial charge in [-0.15, -0.1) is 0 Å². The van der Waals surface area contributed by atoms with Crippen LogP contribution in [-0.2, 0) is 12.8 Å². The lowest BCUT2D eigenvalue weighted by atomic mass is 9.75. The van der Waals surface area contributed by atoms with Gasteiger partial charge in [-0.3, -0.25) is 0 Å². The molecular weight excluding hydrogens is 405 g/mol. The highest BCUT2D eigenvalue weighted by Gasteiger charge is 2.24. The van der Waals surface area contributed by atoms with Crippen LogP contribution in [0, 0.1) is 23.4 Å². The maximum atomic E-state index is 13.4. The summed E-state index contributed by atoms with van der Waals surface area (Å²) < 4.78 is 39.9. The Bertz CT molecular complexity index is 979. The summed E-state index contributed by atoms with van der Waals surface area (Å²) in [4.78, 5) is 0. The molecule has 0 N–H and O–H groups in total. The van der Waals surface area contributed by atoms with E-state index in [-0.39, 0.29) is 0 Å². The topological polar surface area (TPSA) is 0 Å². The first kappa shape index (κ1) is 22.6. The van der Waals surface area contributed by atoms with Crippen LogP contribution in [-0.4, -0.2) is 0 Å². The Kier molecular flexibility index (Phi) is 7.34. The molecule has 1 aliphatic rings. The average molecular weight is 437 g/mol. The minimum absolute atomic E-state index is 0.480. The Hall–Kier alpha value is -2.55. The van der Waals surface area contributed by atoms with E-state index < -0.39 is 17.5 Å². The molecule has 0 bridgehead atoms. The van der Waals surface area contributed by atoms with Crippen molar-refractivity contribution in [1.82, 2.24) is 0 Å². The quantitative estimate of drug-likeness (QED) is 0.326. The second-order valence-corrected chi connectivity index (χ2v) is 9.38. The maximum absolute atomic E-state index is 13.4. The molecule has 168 valence electrons. The molecule has 1 saturated carbocycles. The number of hydrogen-bond acceptors (Lipinski definition) is 0. The molecule has 4 rings (SSSR count). The van der Waals surface area contributed by atoms with Crippen LogP contribution in [0.2, 0.25) is 0 Å². The van der Waals surface area contributed by atoms with Gasteiger partial charge in [0.2, 0.25) is 0 Å². The van der Waals surface area contributed by atoms with Crippen LogP contribution in [0.3, 0.4) is 0 Å². The van der Waals surface area contributed by atoms with E-state index >= 15 is 0 Å². The van der Waals surface area contributed by atoms with E-state index in [4.69, 9.17) is 0 Å². The molecule has 0 amide bonds. The van der Waals surface area contributed by atoms with Crippen molar-refractivity contribution in [3.8, 4) is 0 Å². The van der Waals surface area contributed by atoms with Crippen molar-refractivity contribution < 1.29 is 13.2 Å². The molecule has 0 nitrogen and oxygen atoms in total. The molecule has 1 aliphatic carbocycles. The molecule has 0 radical (unpaired) electrons. The number of benzene rings is 3. The van der Waals surface area contributed by atoms with E-state index in [0.717, 1.165) is 23.6 Å². The monoisotopic (exact) mass is 436 g/mol. The summed E-state index contributed by atoms with van der Waals surface area (Å²) in [7, 11) is 0. The van der Waals surface area contributed by atoms with Gasteiger partial charge in [0.25, 0.3) is 0 Å². The molecule has 0 saturated heterocycles. The zero-order valence-corrected chi connectivity index (χ0v) is 18.7. The van der Waals surface area contributed by atoms with Gasteiger partial charge in [-0.05, 0) is 97.1 Å². The lowest BCUT2D eigenvalue weighted by Gasteiger charge is -2.30. The molecule has 3 heteroatoms. The molecule has 32 heavy (non-hydrogen) atoms. The SMILES string of the molecule is C[C@H](CC1CCC(c2ccc(CCc3cc(F)c(F)c(F)c3)cc2)CC1)c1ccccc1. The first-order valence-electron chi connectivity index (χ1n) is 11.8. The number of aryl methyl sites for hydroxylation is 2. The van der Waals surface area contributed by atoms with E-state index in [1.165, 1.54) is 43.2 Å². The zero-order valence-electron chi connectivity index (χ0n) is 18.7. The molecule has 1 atom stereocenters. The van der Waals surface area contributed by atoms with Crippen molar-refractivity contribution in [3.05, 3.63) is 106 Å². The summed E-state index contributed by atoms with van der Waals surface area (Å²) in [6.45, 7) is 2.34. The third-order valence-electron chi connectivity index (χ3n) is 7.10. The first-order chi connectivity index (χ1) is 15.5. The van der Waals surface area contributed by atoms with E-state index in [1.807, 2.05) is 0 Å². The molecule has 0 aromatic heterocycles. The maximum Gasteiger partial charge on any atom is 0.194 e. The smallest absolute Gasteiger partial charge is 0.194 e. The summed E-state index contributed by atoms with van der Waals surface area (Å²) in [5.41, 5.74) is 4.44. The van der Waals surface area contributed by atoms with E-state index in [0.29, 0.717) is 30.2 Å². The van der Waals surface area contributed by atoms with Crippen LogP contribution >= 0.6 is 0 Å². The minimum Gasteiger partial charge on any atom is -0.204 e. The van der Waals surface area contributed by atoms with Gasteiger partial charge in [0, 0.05) is 0 Å². The fourth-order valence-corrected chi connectivity index (χ4v) is 5.15. The Morgan fingerprint density at radius 3 is 1.97 bits per heavy atom. The standard InChI is InChI=1S/C29H31F3/c1-20(24-5-3-2-4-6-24)17-22-11-15-26(16-12-22)25-13-9-21(10-14-25)7-8-23-18-27(30)29(32)28(31)19-23/h2-6,9-10,13-14,18-20,22,26H,7-8,11-12,15-17H2,1H3/t20-,22?,26?/m1/s1. The van der Waals surface area contributed by atoms with Crippen molar-refractivity contribution >= 4 is 0 Å². The molecule has 3 aromatic carbocycles. The Morgan fingerprint density at radius 2 is 1.34 bits per heavy atom. The second kappa shape index (κ2) is 10.4. The van der Waals surface area contributed by atoms with Crippen molar-refractivity contribution in [2.45, 2.75) is 63.7 Å². The van der Waals surface area contributed by atoms with E-state index in [1.54, 1.807) is 0 Å². The van der Waals surface area contributed by atoms with Gasteiger partial charge in [0.1, 0.15) is 0 Å². The largest absolute Gasteiger partial charge is 0.204 e. The highest BCUT2D eigenvalue weighted by molar-refractivity contribution is 5.28. The molecule has 0 heterocycles. The average Bonchev–Trinajstić information content (AvgIpc) is 2.82. The number of halogens is 3. The zero-order chi connectivity index (χ0) is 22.5. The second-order valence-electron chi connectivity index (χ2n) is 9.38. The van der Waals surface area contributed by atoms with E-state index in [2.05, 4.69) is 61.5 Å². The summed E-state index contributed by atoms with van der Waals surface area (Å²) in [6.07, 6.45) is 7.46. The Morgan fingerprint density at radius 1 is 0.750 bits per heavy atom. The summed E-state index contributed by atoms with van der Waals surface area (Å²) in [5.74, 6) is -1.61. The first-order valence-corrected chi connectivity index (χ1v) is 11.8. The van der Waals surface area contributed by atoms with Gasteiger partial charge >= 0.3 is 0 Å². The molecule has 3 aromatic rings. The van der Waals surface area contributed by atoms with Gasteiger partial charge in [-0.25, -0.2) is 13.2 Å². The molecule has 0 unspecified atom stereocenters. The van der Waals surface area contributed by atoms with Gasteiger partial charge in [0.15, 0.2) is 17.5 Å². The van der Waals surface area contributed by atoms with Crippen LogP contribution in [0.1, 0.15) is 73.1 Å². The van der Waals surface area contributed by atoms with Crippen LogP contribution in [0.15, 0.2) is 66.7 Å². The van der Waals surface area contributed by atoms with Gasteiger partial charge in [-0.2, -0.15) is 0 Å². The summed E-state index contributed by atoms with van der Waals surface area (Å²) >= 11 is 0. The molecule has 0 aliphatic heterocycles.